The Morgan fingerprint density at radius 1 is 1.00 bits per heavy atom. The largest absolute Gasteiger partial charge is 0.338 e. The molecule has 1 aromatic carbocycles. The van der Waals surface area contributed by atoms with Gasteiger partial charge in [-0.2, -0.15) is 0 Å². The Kier molecular flexibility index (Phi) is 5.19. The fourth-order valence-electron chi connectivity index (χ4n) is 4.26. The SMILES string of the molecule is O=C(c1cccnc1)N1C[C@H]2CC[C@@H](C1)N(C(=O)CCc1ccccc1)C2. The molecule has 0 saturated carbocycles. The third-order valence-electron chi connectivity index (χ3n) is 5.70. The van der Waals surface area contributed by atoms with Gasteiger partial charge in [-0.1, -0.05) is 30.3 Å². The van der Waals surface area contributed by atoms with Crippen molar-refractivity contribution < 1.29 is 9.59 Å². The molecule has 3 aliphatic heterocycles. The van der Waals surface area contributed by atoms with Gasteiger partial charge < -0.3 is 9.80 Å². The van der Waals surface area contributed by atoms with Crippen LogP contribution in [-0.4, -0.2) is 52.3 Å². The van der Waals surface area contributed by atoms with Crippen LogP contribution in [-0.2, 0) is 11.2 Å². The van der Waals surface area contributed by atoms with E-state index in [4.69, 9.17) is 0 Å². The standard InChI is InChI=1S/C22H25N3O2/c26-21(11-9-17-5-2-1-3-6-17)25-15-18-8-10-20(25)16-24(14-18)22(27)19-7-4-12-23-13-19/h1-7,12-13,18,20H,8-11,14-16H2/t18-,20+/m1/s1. The maximum Gasteiger partial charge on any atom is 0.255 e. The number of fused-ring (bicyclic) bond motifs is 4. The molecule has 3 saturated heterocycles. The zero-order valence-corrected chi connectivity index (χ0v) is 15.5. The van der Waals surface area contributed by atoms with Crippen molar-refractivity contribution in [1.29, 1.82) is 0 Å². The molecule has 2 atom stereocenters. The number of hydrogen-bond acceptors (Lipinski definition) is 3. The van der Waals surface area contributed by atoms with E-state index in [1.165, 1.54) is 5.56 Å². The summed E-state index contributed by atoms with van der Waals surface area (Å²) >= 11 is 0. The molecule has 4 heterocycles. The Morgan fingerprint density at radius 2 is 1.85 bits per heavy atom. The molecule has 0 unspecified atom stereocenters. The second-order valence-electron chi connectivity index (χ2n) is 7.58. The van der Waals surface area contributed by atoms with E-state index in [1.807, 2.05) is 34.1 Å². The number of nitrogens with zero attached hydrogens (tertiary/aromatic N) is 3. The summed E-state index contributed by atoms with van der Waals surface area (Å²) in [5.74, 6) is 0.605. The van der Waals surface area contributed by atoms with Crippen LogP contribution in [0.3, 0.4) is 0 Å². The minimum atomic E-state index is 0.0265. The summed E-state index contributed by atoms with van der Waals surface area (Å²) in [6.45, 7) is 2.13. The van der Waals surface area contributed by atoms with E-state index in [2.05, 4.69) is 17.1 Å². The molecule has 0 N–H and O–H groups in total. The number of amides is 2. The second-order valence-corrected chi connectivity index (χ2v) is 7.58. The molecule has 1 aromatic heterocycles. The molecule has 0 aliphatic carbocycles. The Bertz CT molecular complexity index is 794. The van der Waals surface area contributed by atoms with Crippen LogP contribution in [0.15, 0.2) is 54.9 Å². The van der Waals surface area contributed by atoms with Gasteiger partial charge in [-0.15, -0.1) is 0 Å². The van der Waals surface area contributed by atoms with E-state index in [0.717, 1.165) is 32.4 Å². The van der Waals surface area contributed by atoms with Crippen LogP contribution >= 0.6 is 0 Å². The maximum atomic E-state index is 12.9. The zero-order valence-electron chi connectivity index (χ0n) is 15.5. The average molecular weight is 363 g/mol. The Morgan fingerprint density at radius 3 is 2.63 bits per heavy atom. The number of rotatable bonds is 4. The van der Waals surface area contributed by atoms with E-state index >= 15 is 0 Å². The first kappa shape index (κ1) is 17.7. The molecule has 3 aliphatic rings. The molecule has 27 heavy (non-hydrogen) atoms. The summed E-state index contributed by atoms with van der Waals surface area (Å²) in [7, 11) is 0. The molecule has 140 valence electrons. The summed E-state index contributed by atoms with van der Waals surface area (Å²) in [5.41, 5.74) is 1.82. The van der Waals surface area contributed by atoms with Gasteiger partial charge in [0.25, 0.3) is 5.91 Å². The normalized spacial score (nSPS) is 21.8. The summed E-state index contributed by atoms with van der Waals surface area (Å²) in [4.78, 5) is 33.7. The highest BCUT2D eigenvalue weighted by atomic mass is 16.2. The van der Waals surface area contributed by atoms with Crippen molar-refractivity contribution in [3.63, 3.8) is 0 Å². The smallest absolute Gasteiger partial charge is 0.255 e. The first-order chi connectivity index (χ1) is 13.2. The first-order valence-electron chi connectivity index (χ1n) is 9.73. The predicted octanol–water partition coefficient (Wildman–Crippen LogP) is 2.78. The Labute approximate surface area is 160 Å². The van der Waals surface area contributed by atoms with Crippen molar-refractivity contribution in [2.24, 2.45) is 5.92 Å². The highest BCUT2D eigenvalue weighted by Gasteiger charge is 2.38. The van der Waals surface area contributed by atoms with Gasteiger partial charge in [0.1, 0.15) is 0 Å². The molecule has 5 heteroatoms. The molecule has 0 spiro atoms. The van der Waals surface area contributed by atoms with Crippen molar-refractivity contribution in [3.8, 4) is 0 Å². The molecule has 3 fully saturated rings. The van der Waals surface area contributed by atoms with Crippen molar-refractivity contribution in [2.75, 3.05) is 19.6 Å². The van der Waals surface area contributed by atoms with E-state index in [-0.39, 0.29) is 17.9 Å². The quantitative estimate of drug-likeness (QED) is 0.839. The molecule has 2 bridgehead atoms. The Hall–Kier alpha value is -2.69. The van der Waals surface area contributed by atoms with Gasteiger partial charge in [0.2, 0.25) is 5.91 Å². The molecule has 0 radical (unpaired) electrons. The minimum Gasteiger partial charge on any atom is -0.338 e. The van der Waals surface area contributed by atoms with Crippen molar-refractivity contribution in [3.05, 3.63) is 66.0 Å². The predicted molar refractivity (Wildman–Crippen MR) is 103 cm³/mol. The molecule has 2 aromatic rings. The zero-order chi connectivity index (χ0) is 18.6. The third-order valence-corrected chi connectivity index (χ3v) is 5.70. The minimum absolute atomic E-state index is 0.0265. The number of carbonyl (C=O) groups is 2. The number of aromatic nitrogens is 1. The van der Waals surface area contributed by atoms with Crippen LogP contribution in [0.2, 0.25) is 0 Å². The summed E-state index contributed by atoms with van der Waals surface area (Å²) in [6.07, 6.45) is 6.67. The van der Waals surface area contributed by atoms with Gasteiger partial charge in [-0.05, 0) is 42.9 Å². The fraction of sp³-hybridized carbons (Fsp3) is 0.409. The van der Waals surface area contributed by atoms with Crippen molar-refractivity contribution in [1.82, 2.24) is 14.8 Å². The average Bonchev–Trinajstić information content (AvgIpc) is 3.05. The van der Waals surface area contributed by atoms with Crippen LogP contribution < -0.4 is 0 Å². The van der Waals surface area contributed by atoms with Crippen molar-refractivity contribution >= 4 is 11.8 Å². The number of hydrogen-bond donors (Lipinski definition) is 0. The summed E-state index contributed by atoms with van der Waals surface area (Å²) in [5, 5.41) is 0. The highest BCUT2D eigenvalue weighted by molar-refractivity contribution is 5.94. The van der Waals surface area contributed by atoms with Gasteiger partial charge in [0.05, 0.1) is 5.56 Å². The van der Waals surface area contributed by atoms with E-state index in [9.17, 15) is 9.59 Å². The van der Waals surface area contributed by atoms with Crippen molar-refractivity contribution in [2.45, 2.75) is 31.7 Å². The van der Waals surface area contributed by atoms with Crippen LogP contribution in [0.1, 0.15) is 35.2 Å². The number of carbonyl (C=O) groups excluding carboxylic acids is 2. The van der Waals surface area contributed by atoms with Gasteiger partial charge in [-0.3, -0.25) is 14.6 Å². The van der Waals surface area contributed by atoms with Gasteiger partial charge in [0, 0.05) is 44.5 Å². The Balaban J connectivity index is 1.42. The lowest BCUT2D eigenvalue weighted by atomic mass is 9.94. The molecule has 5 rings (SSSR count). The summed E-state index contributed by atoms with van der Waals surface area (Å²) < 4.78 is 0. The number of benzene rings is 1. The van der Waals surface area contributed by atoms with E-state index in [0.29, 0.717) is 24.4 Å². The molecule has 5 nitrogen and oxygen atoms in total. The number of aryl methyl sites for hydroxylation is 1. The molecular weight excluding hydrogens is 338 g/mol. The lowest BCUT2D eigenvalue weighted by Gasteiger charge is -2.36. The van der Waals surface area contributed by atoms with Gasteiger partial charge >= 0.3 is 0 Å². The van der Waals surface area contributed by atoms with E-state index < -0.39 is 0 Å². The monoisotopic (exact) mass is 363 g/mol. The number of pyridine rings is 1. The van der Waals surface area contributed by atoms with Gasteiger partial charge in [0.15, 0.2) is 0 Å². The van der Waals surface area contributed by atoms with E-state index in [1.54, 1.807) is 18.5 Å². The summed E-state index contributed by atoms with van der Waals surface area (Å²) in [6, 6.07) is 13.9. The lowest BCUT2D eigenvalue weighted by molar-refractivity contribution is -0.135. The second kappa shape index (κ2) is 7.91. The lowest BCUT2D eigenvalue weighted by Crippen LogP contribution is -2.47. The van der Waals surface area contributed by atoms with Crippen LogP contribution in [0.4, 0.5) is 0 Å². The maximum absolute atomic E-state index is 12.9. The third kappa shape index (κ3) is 4.02. The topological polar surface area (TPSA) is 53.5 Å². The van der Waals surface area contributed by atoms with Crippen LogP contribution in [0, 0.1) is 5.92 Å². The highest BCUT2D eigenvalue weighted by Crippen LogP contribution is 2.29. The molecule has 2 amide bonds. The van der Waals surface area contributed by atoms with Gasteiger partial charge in [-0.25, -0.2) is 0 Å². The van der Waals surface area contributed by atoms with Crippen LogP contribution in [0.5, 0.6) is 0 Å². The first-order valence-corrected chi connectivity index (χ1v) is 9.73. The number of piperidine rings is 1. The molecular formula is C22H25N3O2. The van der Waals surface area contributed by atoms with Crippen LogP contribution in [0.25, 0.3) is 0 Å². The fourth-order valence-corrected chi connectivity index (χ4v) is 4.26.